The summed E-state index contributed by atoms with van der Waals surface area (Å²) in [6.45, 7) is 7.72. The number of hydrogen-bond acceptors (Lipinski definition) is 7. The summed E-state index contributed by atoms with van der Waals surface area (Å²) >= 11 is 1.57. The minimum Gasteiger partial charge on any atom is -0.459 e. The van der Waals surface area contributed by atoms with E-state index in [1.807, 2.05) is 60.0 Å². The highest BCUT2D eigenvalue weighted by Gasteiger charge is 2.58. The van der Waals surface area contributed by atoms with Crippen LogP contribution in [-0.2, 0) is 31.9 Å². The number of thiophene rings is 1. The molecule has 0 spiro atoms. The third-order valence-corrected chi connectivity index (χ3v) is 17.7. The Labute approximate surface area is 334 Å². The zero-order chi connectivity index (χ0) is 38.9. The van der Waals surface area contributed by atoms with Crippen LogP contribution in [0.25, 0.3) is 11.6 Å². The molecule has 56 heavy (non-hydrogen) atoms. The first-order valence-corrected chi connectivity index (χ1v) is 22.4. The molecule has 4 atom stereocenters. The Kier molecular flexibility index (Phi) is 11.0. The van der Waals surface area contributed by atoms with Crippen molar-refractivity contribution in [2.24, 2.45) is 17.8 Å². The zero-order valence-electron chi connectivity index (χ0n) is 32.2. The van der Waals surface area contributed by atoms with Gasteiger partial charge in [-0.15, -0.1) is 11.3 Å². The van der Waals surface area contributed by atoms with Gasteiger partial charge in [-0.25, -0.2) is 0 Å². The molecule has 2 aromatic heterocycles. The smallest absolute Gasteiger partial charge is 0.261 e. The number of fused-ring (bicyclic) bond motifs is 3. The van der Waals surface area contributed by atoms with Gasteiger partial charge in [0.15, 0.2) is 0 Å². The Balaban J connectivity index is 1.17. The summed E-state index contributed by atoms with van der Waals surface area (Å²) < 4.78 is 20.2. The molecule has 0 radical (unpaired) electrons. The van der Waals surface area contributed by atoms with Crippen LogP contribution in [0.3, 0.4) is 0 Å². The van der Waals surface area contributed by atoms with Gasteiger partial charge >= 0.3 is 0 Å². The molecule has 0 unspecified atom stereocenters. The molecular formula is C47H49NO6SSi. The summed E-state index contributed by atoms with van der Waals surface area (Å²) in [4.78, 5) is 31.0. The van der Waals surface area contributed by atoms with Crippen molar-refractivity contribution in [1.29, 1.82) is 0 Å². The standard InChI is InChI=1S/C47H49NO6SSi/c1-47(2,3)56(38-17-9-5-10-18-38,39-19-11-6-12-20-39)53-30-34-27-40-44(46(51)48(45(40)50)28-37-16-13-25-55-37)41-31-52-42(43(34)41)24-21-33(32-14-7-4-8-15-32)26-35-22-23-36(29-49)54-35/h4-20,22-23,25-26,40-42,44,49H,21,24,27-31H2,1-3H3/b33-26-/t40-,41+,42-,44-/m1/s1. The Morgan fingerprint density at radius 2 is 1.55 bits per heavy atom. The van der Waals surface area contributed by atoms with Crippen molar-refractivity contribution in [1.82, 2.24) is 4.90 Å². The molecule has 5 aromatic rings. The largest absolute Gasteiger partial charge is 0.459 e. The van der Waals surface area contributed by atoms with E-state index in [4.69, 9.17) is 13.6 Å². The van der Waals surface area contributed by atoms with E-state index in [0.29, 0.717) is 50.5 Å². The van der Waals surface area contributed by atoms with Crippen LogP contribution in [0.2, 0.25) is 5.04 Å². The first-order chi connectivity index (χ1) is 27.2. The molecule has 3 aromatic carbocycles. The van der Waals surface area contributed by atoms with Crippen LogP contribution in [0, 0.1) is 17.8 Å². The highest BCUT2D eigenvalue weighted by molar-refractivity contribution is 7.09. The lowest BCUT2D eigenvalue weighted by molar-refractivity contribution is -0.140. The van der Waals surface area contributed by atoms with E-state index >= 15 is 0 Å². The number of rotatable bonds is 13. The van der Waals surface area contributed by atoms with Gasteiger partial charge in [-0.2, -0.15) is 0 Å². The zero-order valence-corrected chi connectivity index (χ0v) is 34.0. The van der Waals surface area contributed by atoms with Crippen molar-refractivity contribution < 1.29 is 28.3 Å². The number of aliphatic hydroxyl groups excluding tert-OH is 1. The maximum atomic E-state index is 14.3. The average Bonchev–Trinajstić information content (AvgIpc) is 4.03. The molecule has 1 aliphatic carbocycles. The lowest BCUT2D eigenvalue weighted by Gasteiger charge is -2.44. The Morgan fingerprint density at radius 1 is 0.875 bits per heavy atom. The minimum absolute atomic E-state index is 0.0884. The predicted octanol–water partition coefficient (Wildman–Crippen LogP) is 8.25. The number of amides is 2. The second-order valence-electron chi connectivity index (χ2n) is 16.2. The van der Waals surface area contributed by atoms with Crippen molar-refractivity contribution in [2.45, 2.75) is 64.3 Å². The lowest BCUT2D eigenvalue weighted by atomic mass is 9.69. The third kappa shape index (κ3) is 7.23. The Bertz CT molecular complexity index is 2170. The molecule has 2 aliphatic heterocycles. The van der Waals surface area contributed by atoms with Gasteiger partial charge in [0.25, 0.3) is 8.32 Å². The maximum absolute atomic E-state index is 14.3. The fourth-order valence-corrected chi connectivity index (χ4v) is 14.5. The SMILES string of the molecule is CC(C)(C)[Si](OCC1=C2[C@@H](CC/C(=C/c3ccc(CO)o3)c3ccccc3)OC[C@@H]2[C@@H]2C(=O)N(Cc3cccs3)C(=O)[C@@H]2C1)(c1ccccc1)c1ccccc1. The van der Waals surface area contributed by atoms with E-state index in [-0.39, 0.29) is 35.5 Å². The number of likely N-dealkylation sites (tertiary alicyclic amines) is 1. The van der Waals surface area contributed by atoms with Crippen LogP contribution in [0.1, 0.15) is 62.0 Å². The number of carbonyl (C=O) groups is 2. The van der Waals surface area contributed by atoms with Crippen LogP contribution in [-0.4, -0.2) is 49.5 Å². The van der Waals surface area contributed by atoms with E-state index < -0.39 is 20.2 Å². The second kappa shape index (κ2) is 16.1. The molecule has 0 saturated carbocycles. The lowest BCUT2D eigenvalue weighted by Crippen LogP contribution is -2.66. The molecule has 4 heterocycles. The molecule has 2 saturated heterocycles. The molecule has 1 N–H and O–H groups in total. The number of aliphatic hydroxyl groups is 1. The fourth-order valence-electron chi connectivity index (χ4n) is 9.31. The number of imide groups is 1. The maximum Gasteiger partial charge on any atom is 0.261 e. The molecule has 2 amide bonds. The molecule has 8 rings (SSSR count). The summed E-state index contributed by atoms with van der Waals surface area (Å²) in [5.74, 6) is -0.0925. The number of carbonyl (C=O) groups excluding carboxylic acids is 2. The van der Waals surface area contributed by atoms with Gasteiger partial charge in [0, 0.05) is 10.8 Å². The third-order valence-electron chi connectivity index (χ3n) is 11.8. The van der Waals surface area contributed by atoms with E-state index in [1.165, 1.54) is 15.3 Å². The quantitative estimate of drug-likeness (QED) is 0.0736. The minimum atomic E-state index is -2.92. The number of ether oxygens (including phenoxy) is 1. The van der Waals surface area contributed by atoms with Crippen LogP contribution in [0.5, 0.6) is 0 Å². The molecule has 0 bridgehead atoms. The van der Waals surface area contributed by atoms with Gasteiger partial charge in [-0.1, -0.05) is 118 Å². The molecule has 288 valence electrons. The second-order valence-corrected chi connectivity index (χ2v) is 21.5. The van der Waals surface area contributed by atoms with E-state index in [9.17, 15) is 14.7 Å². The highest BCUT2D eigenvalue weighted by atomic mass is 32.1. The van der Waals surface area contributed by atoms with E-state index in [1.54, 1.807) is 17.4 Å². The van der Waals surface area contributed by atoms with Crippen molar-refractivity contribution >= 4 is 53.5 Å². The fraction of sp³-hybridized carbons (Fsp3) is 0.319. The van der Waals surface area contributed by atoms with Gasteiger partial charge in [0.2, 0.25) is 11.8 Å². The molecule has 9 heteroatoms. The molecule has 3 aliphatic rings. The van der Waals surface area contributed by atoms with Crippen LogP contribution in [0.15, 0.2) is 136 Å². The van der Waals surface area contributed by atoms with Gasteiger partial charge in [-0.05, 0) is 86.6 Å². The van der Waals surface area contributed by atoms with E-state index in [2.05, 4.69) is 81.4 Å². The van der Waals surface area contributed by atoms with E-state index in [0.717, 1.165) is 27.2 Å². The van der Waals surface area contributed by atoms with Crippen molar-refractivity contribution in [3.05, 3.63) is 154 Å². The van der Waals surface area contributed by atoms with Crippen LogP contribution in [0.4, 0.5) is 0 Å². The predicted molar refractivity (Wildman–Crippen MR) is 223 cm³/mol. The van der Waals surface area contributed by atoms with Crippen LogP contribution < -0.4 is 10.4 Å². The van der Waals surface area contributed by atoms with Gasteiger partial charge < -0.3 is 18.7 Å². The first kappa shape index (κ1) is 38.2. The van der Waals surface area contributed by atoms with Gasteiger partial charge in [0.1, 0.15) is 18.1 Å². The monoisotopic (exact) mass is 783 g/mol. The topological polar surface area (TPSA) is 89.2 Å². The summed E-state index contributed by atoms with van der Waals surface area (Å²) in [6.07, 6.45) is 3.64. The summed E-state index contributed by atoms with van der Waals surface area (Å²) in [6, 6.07) is 39.1. The van der Waals surface area contributed by atoms with Crippen molar-refractivity contribution in [3.8, 4) is 0 Å². The number of nitrogens with zero attached hydrogens (tertiary/aromatic N) is 1. The normalized spacial score (nSPS) is 21.5. The number of hydrogen-bond donors (Lipinski definition) is 1. The Hall–Kier alpha value is -4.64. The average molecular weight is 784 g/mol. The summed E-state index contributed by atoms with van der Waals surface area (Å²) in [5, 5.41) is 13.8. The number of benzene rings is 3. The number of allylic oxidation sites excluding steroid dienone is 1. The summed E-state index contributed by atoms with van der Waals surface area (Å²) in [7, 11) is -2.92. The first-order valence-electron chi connectivity index (χ1n) is 19.6. The highest BCUT2D eigenvalue weighted by Crippen LogP contribution is 2.51. The molecular weight excluding hydrogens is 735 g/mol. The van der Waals surface area contributed by atoms with Gasteiger partial charge in [0.05, 0.1) is 37.7 Å². The van der Waals surface area contributed by atoms with Crippen molar-refractivity contribution in [2.75, 3.05) is 13.2 Å². The summed E-state index contributed by atoms with van der Waals surface area (Å²) in [5.41, 5.74) is 4.40. The molecule has 2 fully saturated rings. The van der Waals surface area contributed by atoms with Crippen LogP contribution >= 0.6 is 11.3 Å². The molecule has 7 nitrogen and oxygen atoms in total. The number of furan rings is 1. The van der Waals surface area contributed by atoms with Gasteiger partial charge in [-0.3, -0.25) is 14.5 Å². The van der Waals surface area contributed by atoms with Crippen molar-refractivity contribution in [3.63, 3.8) is 0 Å². The Morgan fingerprint density at radius 3 is 2.16 bits per heavy atom.